The maximum atomic E-state index is 10.8. The summed E-state index contributed by atoms with van der Waals surface area (Å²) in [6.07, 6.45) is 2.14. The standard InChI is InChI=1S/C12H24N2O3/c1-3-13-8-10-4-6-14(7-5-10)9-12(2,17)11(15)16/h10,13,17H,3-9H2,1-2H3,(H,15,16). The average Bonchev–Trinajstić information content (AvgIpc) is 2.27. The molecule has 100 valence electrons. The van der Waals surface area contributed by atoms with Crippen LogP contribution in [0.25, 0.3) is 0 Å². The van der Waals surface area contributed by atoms with Crippen LogP contribution in [0.2, 0.25) is 0 Å². The molecule has 0 saturated carbocycles. The van der Waals surface area contributed by atoms with E-state index in [4.69, 9.17) is 5.11 Å². The van der Waals surface area contributed by atoms with Crippen LogP contribution in [0, 0.1) is 5.92 Å². The highest BCUT2D eigenvalue weighted by molar-refractivity contribution is 5.76. The van der Waals surface area contributed by atoms with Crippen LogP contribution in [-0.2, 0) is 4.79 Å². The molecule has 0 aliphatic carbocycles. The quantitative estimate of drug-likeness (QED) is 0.620. The molecule has 1 aliphatic heterocycles. The van der Waals surface area contributed by atoms with E-state index in [-0.39, 0.29) is 6.54 Å². The normalized spacial score (nSPS) is 22.3. The van der Waals surface area contributed by atoms with Crippen LogP contribution in [0.5, 0.6) is 0 Å². The summed E-state index contributed by atoms with van der Waals surface area (Å²) >= 11 is 0. The molecular weight excluding hydrogens is 220 g/mol. The average molecular weight is 244 g/mol. The monoisotopic (exact) mass is 244 g/mol. The number of β-amino-alcohol motifs (C(OH)–C–C–N with tert-alkyl or cyclic N) is 1. The molecule has 17 heavy (non-hydrogen) atoms. The summed E-state index contributed by atoms with van der Waals surface area (Å²) in [5.41, 5.74) is -1.63. The number of hydrogen-bond donors (Lipinski definition) is 3. The molecule has 1 atom stereocenters. The van der Waals surface area contributed by atoms with Crippen molar-refractivity contribution in [2.24, 2.45) is 5.92 Å². The highest BCUT2D eigenvalue weighted by atomic mass is 16.4. The first kappa shape index (κ1) is 14.4. The lowest BCUT2D eigenvalue weighted by molar-refractivity contribution is -0.158. The van der Waals surface area contributed by atoms with Crippen LogP contribution in [0.3, 0.4) is 0 Å². The molecule has 1 saturated heterocycles. The van der Waals surface area contributed by atoms with Crippen molar-refractivity contribution in [1.82, 2.24) is 10.2 Å². The van der Waals surface area contributed by atoms with E-state index in [9.17, 15) is 9.90 Å². The summed E-state index contributed by atoms with van der Waals surface area (Å²) in [4.78, 5) is 12.9. The van der Waals surface area contributed by atoms with Gasteiger partial charge >= 0.3 is 5.97 Å². The number of carboxylic acids is 1. The first-order chi connectivity index (χ1) is 7.95. The molecule has 0 aromatic rings. The second-order valence-electron chi connectivity index (χ2n) is 5.11. The molecular formula is C12H24N2O3. The van der Waals surface area contributed by atoms with Crippen molar-refractivity contribution in [1.29, 1.82) is 0 Å². The van der Waals surface area contributed by atoms with E-state index in [1.54, 1.807) is 0 Å². The predicted molar refractivity (Wildman–Crippen MR) is 66.0 cm³/mol. The Hall–Kier alpha value is -0.650. The number of aliphatic hydroxyl groups is 1. The fourth-order valence-corrected chi connectivity index (χ4v) is 2.20. The number of carboxylic acid groups (broad SMARTS) is 1. The lowest BCUT2D eigenvalue weighted by atomic mass is 9.95. The van der Waals surface area contributed by atoms with E-state index in [1.807, 2.05) is 4.90 Å². The van der Waals surface area contributed by atoms with E-state index < -0.39 is 11.6 Å². The van der Waals surface area contributed by atoms with Gasteiger partial charge in [-0.2, -0.15) is 0 Å². The Labute approximate surface area is 103 Å². The zero-order valence-electron chi connectivity index (χ0n) is 10.8. The van der Waals surface area contributed by atoms with Crippen LogP contribution in [0.4, 0.5) is 0 Å². The largest absolute Gasteiger partial charge is 0.479 e. The van der Waals surface area contributed by atoms with E-state index in [0.29, 0.717) is 5.92 Å². The van der Waals surface area contributed by atoms with Crippen LogP contribution in [0.1, 0.15) is 26.7 Å². The summed E-state index contributed by atoms with van der Waals surface area (Å²) in [6, 6.07) is 0. The third-order valence-electron chi connectivity index (χ3n) is 3.38. The summed E-state index contributed by atoms with van der Waals surface area (Å²) in [5, 5.41) is 21.9. The number of nitrogens with zero attached hydrogens (tertiary/aromatic N) is 1. The molecule has 0 bridgehead atoms. The second kappa shape index (κ2) is 6.33. The Morgan fingerprint density at radius 3 is 2.53 bits per heavy atom. The van der Waals surface area contributed by atoms with Crippen LogP contribution >= 0.6 is 0 Å². The second-order valence-corrected chi connectivity index (χ2v) is 5.11. The lowest BCUT2D eigenvalue weighted by Crippen LogP contribution is -2.49. The zero-order valence-corrected chi connectivity index (χ0v) is 10.8. The SMILES string of the molecule is CCNCC1CCN(CC(C)(O)C(=O)O)CC1. The first-order valence-corrected chi connectivity index (χ1v) is 6.34. The van der Waals surface area contributed by atoms with Crippen molar-refractivity contribution >= 4 is 5.97 Å². The lowest BCUT2D eigenvalue weighted by Gasteiger charge is -2.35. The number of likely N-dealkylation sites (tertiary alicyclic amines) is 1. The van der Waals surface area contributed by atoms with Crippen molar-refractivity contribution < 1.29 is 15.0 Å². The number of nitrogens with one attached hydrogen (secondary N) is 1. The summed E-state index contributed by atoms with van der Waals surface area (Å²) in [6.45, 7) is 7.46. The Kier molecular flexibility index (Phi) is 5.36. The van der Waals surface area contributed by atoms with E-state index in [1.165, 1.54) is 6.92 Å². The van der Waals surface area contributed by atoms with Gasteiger partial charge in [-0.15, -0.1) is 0 Å². The molecule has 3 N–H and O–H groups in total. The summed E-state index contributed by atoms with van der Waals surface area (Å²) in [5.74, 6) is -0.465. The molecule has 0 spiro atoms. The molecule has 0 amide bonds. The maximum Gasteiger partial charge on any atom is 0.336 e. The number of hydrogen-bond acceptors (Lipinski definition) is 4. The molecule has 0 aromatic heterocycles. The third kappa shape index (κ3) is 4.61. The topological polar surface area (TPSA) is 72.8 Å². The Balaban J connectivity index is 2.30. The van der Waals surface area contributed by atoms with Crippen LogP contribution < -0.4 is 5.32 Å². The molecule has 1 unspecified atom stereocenters. The molecule has 5 nitrogen and oxygen atoms in total. The van der Waals surface area contributed by atoms with Gasteiger partial charge in [0.05, 0.1) is 0 Å². The van der Waals surface area contributed by atoms with Crippen molar-refractivity contribution in [3.8, 4) is 0 Å². The minimum atomic E-state index is -1.63. The summed E-state index contributed by atoms with van der Waals surface area (Å²) in [7, 11) is 0. The summed E-state index contributed by atoms with van der Waals surface area (Å²) < 4.78 is 0. The molecule has 1 aliphatic rings. The molecule has 0 radical (unpaired) electrons. The highest BCUT2D eigenvalue weighted by Gasteiger charge is 2.33. The van der Waals surface area contributed by atoms with Gasteiger partial charge in [0.25, 0.3) is 0 Å². The van der Waals surface area contributed by atoms with Gasteiger partial charge in [0.2, 0.25) is 0 Å². The predicted octanol–water partition coefficient (Wildman–Crippen LogP) is 0.144. The number of carbonyl (C=O) groups is 1. The number of piperidine rings is 1. The molecule has 0 aromatic carbocycles. The maximum absolute atomic E-state index is 10.8. The van der Waals surface area contributed by atoms with Gasteiger partial charge in [0.15, 0.2) is 5.60 Å². The Bertz CT molecular complexity index is 248. The zero-order chi connectivity index (χ0) is 12.9. The van der Waals surface area contributed by atoms with Gasteiger partial charge in [0, 0.05) is 6.54 Å². The Morgan fingerprint density at radius 1 is 1.47 bits per heavy atom. The molecule has 5 heteroatoms. The molecule has 1 fully saturated rings. The fourth-order valence-electron chi connectivity index (χ4n) is 2.20. The van der Waals surface area contributed by atoms with Gasteiger partial charge in [0.1, 0.15) is 0 Å². The van der Waals surface area contributed by atoms with E-state index in [0.717, 1.165) is 39.0 Å². The van der Waals surface area contributed by atoms with Crippen molar-refractivity contribution in [3.05, 3.63) is 0 Å². The van der Waals surface area contributed by atoms with Gasteiger partial charge < -0.3 is 15.5 Å². The van der Waals surface area contributed by atoms with Gasteiger partial charge in [-0.05, 0) is 51.9 Å². The minimum absolute atomic E-state index is 0.219. The minimum Gasteiger partial charge on any atom is -0.479 e. The van der Waals surface area contributed by atoms with Crippen molar-refractivity contribution in [3.63, 3.8) is 0 Å². The van der Waals surface area contributed by atoms with Gasteiger partial charge in [-0.1, -0.05) is 6.92 Å². The van der Waals surface area contributed by atoms with E-state index in [2.05, 4.69) is 12.2 Å². The number of rotatable bonds is 6. The van der Waals surface area contributed by atoms with Crippen LogP contribution in [0.15, 0.2) is 0 Å². The third-order valence-corrected chi connectivity index (χ3v) is 3.38. The van der Waals surface area contributed by atoms with Crippen molar-refractivity contribution in [2.45, 2.75) is 32.3 Å². The number of aliphatic carboxylic acids is 1. The smallest absolute Gasteiger partial charge is 0.336 e. The molecule has 1 rings (SSSR count). The molecule has 1 heterocycles. The van der Waals surface area contributed by atoms with Crippen molar-refractivity contribution in [2.75, 3.05) is 32.7 Å². The fraction of sp³-hybridized carbons (Fsp3) is 0.917. The van der Waals surface area contributed by atoms with Crippen LogP contribution in [-0.4, -0.2) is 59.4 Å². The van der Waals surface area contributed by atoms with Gasteiger partial charge in [-0.3, -0.25) is 4.90 Å². The van der Waals surface area contributed by atoms with Gasteiger partial charge in [-0.25, -0.2) is 4.79 Å². The van der Waals surface area contributed by atoms with E-state index >= 15 is 0 Å². The highest BCUT2D eigenvalue weighted by Crippen LogP contribution is 2.18. The first-order valence-electron chi connectivity index (χ1n) is 6.34. The Morgan fingerprint density at radius 2 is 2.06 bits per heavy atom.